The number of hydrogen-bond donors (Lipinski definition) is 4. The molecule has 2 fully saturated rings. The van der Waals surface area contributed by atoms with Crippen molar-refractivity contribution in [2.45, 2.75) is 43.3 Å². The Morgan fingerprint density at radius 2 is 1.75 bits per heavy atom. The van der Waals surface area contributed by atoms with Crippen LogP contribution in [0.25, 0.3) is 10.8 Å². The second kappa shape index (κ2) is 14.7. The Labute approximate surface area is 264 Å². The van der Waals surface area contributed by atoms with Crippen molar-refractivity contribution in [2.24, 2.45) is 0 Å². The van der Waals surface area contributed by atoms with Crippen molar-refractivity contribution in [3.8, 4) is 5.75 Å². The number of amides is 1. The fourth-order valence-electron chi connectivity index (χ4n) is 4.88. The maximum absolute atomic E-state index is 13.0. The first kappa shape index (κ1) is 33.7. The van der Waals surface area contributed by atoms with Crippen molar-refractivity contribution in [1.29, 1.82) is 0 Å². The summed E-state index contributed by atoms with van der Waals surface area (Å²) in [4.78, 5) is 39.1. The van der Waals surface area contributed by atoms with Crippen LogP contribution in [-0.2, 0) is 14.8 Å². The lowest BCUT2D eigenvalue weighted by molar-refractivity contribution is -0.134. The molecule has 5 rings (SSSR count). The number of aliphatic hydroxyl groups is 1. The first-order valence-electron chi connectivity index (χ1n) is 14.0. The number of H-pyrrole nitrogens is 1. The summed E-state index contributed by atoms with van der Waals surface area (Å²) in [5.41, 5.74) is -0.297. The van der Waals surface area contributed by atoms with E-state index >= 15 is 0 Å². The first-order chi connectivity index (χ1) is 20.8. The molecule has 2 aliphatic heterocycles. The highest BCUT2D eigenvalue weighted by atomic mass is 35.5. The fraction of sp³-hybridized carbons (Fsp3) is 0.414. The summed E-state index contributed by atoms with van der Waals surface area (Å²) < 4.78 is 32.8. The minimum absolute atomic E-state index is 0.0145. The molecule has 0 spiro atoms. The van der Waals surface area contributed by atoms with Crippen LogP contribution in [0.15, 0.2) is 52.3 Å². The van der Waals surface area contributed by atoms with Gasteiger partial charge in [-0.25, -0.2) is 8.42 Å². The molecule has 0 bridgehead atoms. The zero-order chi connectivity index (χ0) is 32.0. The number of carbonyl (C=O) groups is 2. The third kappa shape index (κ3) is 8.49. The number of likely N-dealkylation sites (tertiary alicyclic amines) is 1. The van der Waals surface area contributed by atoms with Gasteiger partial charge in [0, 0.05) is 69.2 Å². The SMILES string of the molecule is CC(=O)O.O=C(NC[C@@H](O)CN1CCC(Oc2ccc(Cl)c(Cl)c2)CC1)c1c[nH]c(=O)c2cc(S(=O)(=O)N3CCC3)ccc12. The summed E-state index contributed by atoms with van der Waals surface area (Å²) in [6, 6.07) is 9.38. The van der Waals surface area contributed by atoms with Crippen molar-refractivity contribution < 1.29 is 33.0 Å². The zero-order valence-corrected chi connectivity index (χ0v) is 26.3. The highest BCUT2D eigenvalue weighted by molar-refractivity contribution is 7.89. The van der Waals surface area contributed by atoms with Crippen LogP contribution in [0, 0.1) is 0 Å². The van der Waals surface area contributed by atoms with Crippen molar-refractivity contribution in [2.75, 3.05) is 39.3 Å². The van der Waals surface area contributed by atoms with Gasteiger partial charge in [-0.3, -0.25) is 14.4 Å². The number of halogens is 2. The number of benzene rings is 2. The van der Waals surface area contributed by atoms with Crippen LogP contribution >= 0.6 is 23.2 Å². The van der Waals surface area contributed by atoms with Gasteiger partial charge in [-0.15, -0.1) is 0 Å². The molecule has 4 N–H and O–H groups in total. The quantitative estimate of drug-likeness (QED) is 0.268. The standard InChI is InChI=1S/C27H30Cl2N4O6S.C2H4O2/c28-24-5-2-19(12-25(24)29)39-18-6-10-32(11-7-18)16-17(34)14-30-27(36)23-15-31-26(35)22-13-20(3-4-21(22)23)40(37,38)33-8-1-9-33;1-2(3)4/h2-5,12-13,15,17-18,34H,1,6-11,14,16H2,(H,30,36)(H,31,35);1H3,(H,3,4)/t17-;/m1./s1. The van der Waals surface area contributed by atoms with Gasteiger partial charge in [0.15, 0.2) is 0 Å². The van der Waals surface area contributed by atoms with Gasteiger partial charge < -0.3 is 30.2 Å². The number of aliphatic carboxylic acids is 1. The van der Waals surface area contributed by atoms with Gasteiger partial charge in [-0.1, -0.05) is 29.3 Å². The highest BCUT2D eigenvalue weighted by Crippen LogP contribution is 2.28. The molecule has 2 saturated heterocycles. The minimum Gasteiger partial charge on any atom is -0.490 e. The second-order valence-electron chi connectivity index (χ2n) is 10.6. The van der Waals surface area contributed by atoms with Crippen molar-refractivity contribution in [1.82, 2.24) is 19.5 Å². The number of carboxylic acid groups (broad SMARTS) is 1. The summed E-state index contributed by atoms with van der Waals surface area (Å²) in [5.74, 6) is -0.647. The summed E-state index contributed by atoms with van der Waals surface area (Å²) in [6.45, 7) is 3.83. The molecular weight excluding hydrogens is 635 g/mol. The van der Waals surface area contributed by atoms with Crippen molar-refractivity contribution in [3.05, 3.63) is 68.6 Å². The third-order valence-corrected chi connectivity index (χ3v) is 9.90. The van der Waals surface area contributed by atoms with E-state index in [0.717, 1.165) is 39.3 Å². The number of aromatic amines is 1. The molecule has 1 atom stereocenters. The molecule has 12 nitrogen and oxygen atoms in total. The lowest BCUT2D eigenvalue weighted by Crippen LogP contribution is -2.45. The number of fused-ring (bicyclic) bond motifs is 1. The van der Waals surface area contributed by atoms with E-state index in [1.807, 2.05) is 0 Å². The maximum atomic E-state index is 13.0. The van der Waals surface area contributed by atoms with Crippen LogP contribution in [0.5, 0.6) is 5.75 Å². The van der Waals surface area contributed by atoms with Crippen molar-refractivity contribution >= 4 is 55.9 Å². The number of β-amino-alcohol motifs (C(OH)–C–C–N with tert-alkyl or cyclic N) is 1. The van der Waals surface area contributed by atoms with E-state index in [1.54, 1.807) is 18.2 Å². The number of pyridine rings is 1. The summed E-state index contributed by atoms with van der Waals surface area (Å²) in [7, 11) is -3.68. The van der Waals surface area contributed by atoms with Gasteiger partial charge in [-0.05, 0) is 43.5 Å². The number of aromatic nitrogens is 1. The molecule has 0 aliphatic carbocycles. The predicted molar refractivity (Wildman–Crippen MR) is 166 cm³/mol. The van der Waals surface area contributed by atoms with E-state index < -0.39 is 33.6 Å². The molecule has 2 aliphatic rings. The van der Waals surface area contributed by atoms with E-state index in [0.29, 0.717) is 40.8 Å². The molecular formula is C29H34Cl2N4O8S. The van der Waals surface area contributed by atoms with Gasteiger partial charge in [0.05, 0.1) is 26.6 Å². The zero-order valence-electron chi connectivity index (χ0n) is 24.0. The molecule has 3 heterocycles. The molecule has 15 heteroatoms. The van der Waals surface area contributed by atoms with Gasteiger partial charge >= 0.3 is 0 Å². The molecule has 1 amide bonds. The lowest BCUT2D eigenvalue weighted by atomic mass is 10.1. The molecule has 0 saturated carbocycles. The number of nitrogens with zero attached hydrogens (tertiary/aromatic N) is 2. The summed E-state index contributed by atoms with van der Waals surface area (Å²) >= 11 is 12.0. The van der Waals surface area contributed by atoms with E-state index in [-0.39, 0.29) is 28.5 Å². The predicted octanol–water partition coefficient (Wildman–Crippen LogP) is 2.95. The Morgan fingerprint density at radius 3 is 2.36 bits per heavy atom. The van der Waals surface area contributed by atoms with Gasteiger partial charge in [0.1, 0.15) is 11.9 Å². The molecule has 0 unspecified atom stereocenters. The molecule has 44 heavy (non-hydrogen) atoms. The highest BCUT2D eigenvalue weighted by Gasteiger charge is 2.30. The molecule has 238 valence electrons. The number of nitrogens with one attached hydrogen (secondary N) is 2. The van der Waals surface area contributed by atoms with Crippen LogP contribution in [0.4, 0.5) is 0 Å². The van der Waals surface area contributed by atoms with Gasteiger partial charge in [0.25, 0.3) is 17.4 Å². The topological polar surface area (TPSA) is 169 Å². The average Bonchev–Trinajstić information content (AvgIpc) is 2.93. The van der Waals surface area contributed by atoms with E-state index in [9.17, 15) is 23.1 Å². The number of carboxylic acids is 1. The van der Waals surface area contributed by atoms with E-state index in [2.05, 4.69) is 15.2 Å². The number of sulfonamides is 1. The molecule has 3 aromatic rings. The molecule has 1 aromatic heterocycles. The second-order valence-corrected chi connectivity index (χ2v) is 13.3. The summed E-state index contributed by atoms with van der Waals surface area (Å²) in [5, 5.41) is 22.1. The number of rotatable bonds is 9. The number of carbonyl (C=O) groups excluding carboxylic acids is 1. The van der Waals surface area contributed by atoms with Gasteiger partial charge in [-0.2, -0.15) is 4.31 Å². The number of piperidine rings is 1. The molecule has 0 radical (unpaired) electrons. The number of ether oxygens (including phenoxy) is 1. The number of aliphatic hydroxyl groups excluding tert-OH is 1. The monoisotopic (exact) mass is 668 g/mol. The third-order valence-electron chi connectivity index (χ3n) is 7.27. The van der Waals surface area contributed by atoms with E-state index in [4.69, 9.17) is 37.8 Å². The Hall–Kier alpha value is -3.20. The van der Waals surface area contributed by atoms with Crippen LogP contribution in [0.3, 0.4) is 0 Å². The summed E-state index contributed by atoms with van der Waals surface area (Å²) in [6.07, 6.45) is 2.88. The first-order valence-corrected chi connectivity index (χ1v) is 16.2. The van der Waals surface area contributed by atoms with Crippen LogP contribution < -0.4 is 15.6 Å². The van der Waals surface area contributed by atoms with Crippen molar-refractivity contribution in [3.63, 3.8) is 0 Å². The lowest BCUT2D eigenvalue weighted by Gasteiger charge is -2.33. The Bertz CT molecular complexity index is 1670. The van der Waals surface area contributed by atoms with E-state index in [1.165, 1.54) is 28.7 Å². The Kier molecular flexibility index (Phi) is 11.3. The minimum atomic E-state index is -3.68. The smallest absolute Gasteiger partial charge is 0.300 e. The van der Waals surface area contributed by atoms with Gasteiger partial charge in [0.2, 0.25) is 10.0 Å². The van der Waals surface area contributed by atoms with Crippen LogP contribution in [0.2, 0.25) is 10.0 Å². The Morgan fingerprint density at radius 1 is 1.07 bits per heavy atom. The average molecular weight is 670 g/mol. The van der Waals surface area contributed by atoms with Crippen LogP contribution in [0.1, 0.15) is 36.5 Å². The maximum Gasteiger partial charge on any atom is 0.300 e. The molecule has 2 aromatic carbocycles. The fourth-order valence-corrected chi connectivity index (χ4v) is 6.72. The van der Waals surface area contributed by atoms with Crippen LogP contribution in [-0.4, -0.2) is 96.2 Å². The normalized spacial score (nSPS) is 16.8. The number of hydrogen-bond acceptors (Lipinski definition) is 8. The largest absolute Gasteiger partial charge is 0.490 e. The Balaban J connectivity index is 0.00000104.